The molecule has 18 heavy (non-hydrogen) atoms. The average Bonchev–Trinajstić information content (AvgIpc) is 2.84. The van der Waals surface area contributed by atoms with Crippen LogP contribution in [0.15, 0.2) is 18.2 Å². The first kappa shape index (κ1) is 14.0. The fourth-order valence-electron chi connectivity index (χ4n) is 2.82. The van der Waals surface area contributed by atoms with Crippen molar-refractivity contribution in [1.82, 2.24) is 0 Å². The number of hydrogen-bond donors (Lipinski definition) is 0. The molecule has 1 aliphatic heterocycles. The summed E-state index contributed by atoms with van der Waals surface area (Å²) in [6, 6.07) is 6.24. The Bertz CT molecular complexity index is 413. The maximum Gasteiger partial charge on any atom is 0.0488 e. The number of benzene rings is 1. The summed E-state index contributed by atoms with van der Waals surface area (Å²) in [6.45, 7) is 6.89. The fourth-order valence-corrected chi connectivity index (χ4v) is 3.37. The van der Waals surface area contributed by atoms with Gasteiger partial charge in [0, 0.05) is 29.7 Å². The van der Waals surface area contributed by atoms with Crippen LogP contribution in [0.3, 0.4) is 0 Å². The summed E-state index contributed by atoms with van der Waals surface area (Å²) >= 11 is 12.1. The molecular weight excluding hydrogens is 265 g/mol. The third-order valence-corrected chi connectivity index (χ3v) is 5.12. The molecule has 1 aromatic carbocycles. The largest absolute Gasteiger partial charge is 0.371 e. The van der Waals surface area contributed by atoms with Gasteiger partial charge in [-0.1, -0.05) is 31.5 Å². The normalized spacial score (nSPS) is 18.3. The van der Waals surface area contributed by atoms with E-state index in [1.54, 1.807) is 0 Å². The van der Waals surface area contributed by atoms with Crippen LogP contribution in [-0.4, -0.2) is 13.1 Å². The van der Waals surface area contributed by atoms with Gasteiger partial charge in [-0.25, -0.2) is 0 Å². The minimum Gasteiger partial charge on any atom is -0.371 e. The minimum absolute atomic E-state index is 0.479. The first-order valence-corrected chi connectivity index (χ1v) is 7.64. The molecule has 1 saturated heterocycles. The Labute approximate surface area is 120 Å². The Hall–Kier alpha value is -0.400. The van der Waals surface area contributed by atoms with Crippen molar-refractivity contribution < 1.29 is 0 Å². The predicted molar refractivity (Wildman–Crippen MR) is 80.9 cm³/mol. The van der Waals surface area contributed by atoms with E-state index >= 15 is 0 Å². The lowest BCUT2D eigenvalue weighted by Gasteiger charge is -2.27. The molecule has 2 rings (SSSR count). The molecule has 1 fully saturated rings. The molecule has 0 bridgehead atoms. The Balaban J connectivity index is 2.17. The number of anilines is 1. The van der Waals surface area contributed by atoms with E-state index in [0.29, 0.717) is 11.3 Å². The lowest BCUT2D eigenvalue weighted by molar-refractivity contribution is 0.301. The summed E-state index contributed by atoms with van der Waals surface area (Å²) in [7, 11) is 0. The molecular formula is C15H21Cl2N. The second-order valence-electron chi connectivity index (χ2n) is 5.29. The highest BCUT2D eigenvalue weighted by Crippen LogP contribution is 2.39. The van der Waals surface area contributed by atoms with Crippen LogP contribution in [0.4, 0.5) is 5.69 Å². The van der Waals surface area contributed by atoms with Gasteiger partial charge in [-0.05, 0) is 42.4 Å². The number of alkyl halides is 1. The van der Waals surface area contributed by atoms with Crippen LogP contribution < -0.4 is 4.90 Å². The molecule has 0 aromatic heterocycles. The van der Waals surface area contributed by atoms with E-state index in [2.05, 4.69) is 30.9 Å². The summed E-state index contributed by atoms with van der Waals surface area (Å²) in [4.78, 5) is 2.46. The lowest BCUT2D eigenvalue weighted by atomic mass is 9.82. The van der Waals surface area contributed by atoms with Crippen molar-refractivity contribution in [3.05, 3.63) is 28.8 Å². The molecule has 3 heteroatoms. The van der Waals surface area contributed by atoms with Gasteiger partial charge in [0.15, 0.2) is 0 Å². The zero-order valence-electron chi connectivity index (χ0n) is 11.2. The monoisotopic (exact) mass is 285 g/mol. The average molecular weight is 286 g/mol. The van der Waals surface area contributed by atoms with Crippen LogP contribution in [0.25, 0.3) is 0 Å². The molecule has 0 N–H and O–H groups in total. The molecule has 0 aliphatic carbocycles. The SMILES string of the molecule is CCC1(CC)CCN(c2ccc(CCl)c(Cl)c2)C1. The standard InChI is InChI=1S/C15H21Cl2N/c1-3-15(4-2)7-8-18(11-15)13-6-5-12(10-16)14(17)9-13/h5-6,9H,3-4,7-8,10-11H2,1-2H3. The molecule has 1 heterocycles. The van der Waals surface area contributed by atoms with Crippen LogP contribution in [0.1, 0.15) is 38.7 Å². The van der Waals surface area contributed by atoms with E-state index < -0.39 is 0 Å². The van der Waals surface area contributed by atoms with Crippen molar-refractivity contribution in [3.8, 4) is 0 Å². The zero-order valence-corrected chi connectivity index (χ0v) is 12.7. The van der Waals surface area contributed by atoms with E-state index in [-0.39, 0.29) is 0 Å². The molecule has 0 radical (unpaired) electrons. The van der Waals surface area contributed by atoms with Gasteiger partial charge in [-0.3, -0.25) is 0 Å². The molecule has 0 saturated carbocycles. The van der Waals surface area contributed by atoms with Gasteiger partial charge >= 0.3 is 0 Å². The molecule has 0 spiro atoms. The minimum atomic E-state index is 0.479. The zero-order chi connectivity index (χ0) is 13.2. The van der Waals surface area contributed by atoms with Gasteiger partial charge in [-0.2, -0.15) is 0 Å². The van der Waals surface area contributed by atoms with Crippen LogP contribution in [-0.2, 0) is 5.88 Å². The number of rotatable bonds is 4. The maximum atomic E-state index is 6.24. The molecule has 1 aromatic rings. The topological polar surface area (TPSA) is 3.24 Å². The van der Waals surface area contributed by atoms with Crippen molar-refractivity contribution in [2.75, 3.05) is 18.0 Å². The second-order valence-corrected chi connectivity index (χ2v) is 5.96. The van der Waals surface area contributed by atoms with E-state index in [4.69, 9.17) is 23.2 Å². The summed E-state index contributed by atoms with van der Waals surface area (Å²) in [6.07, 6.45) is 3.80. The van der Waals surface area contributed by atoms with E-state index in [9.17, 15) is 0 Å². The van der Waals surface area contributed by atoms with Crippen LogP contribution >= 0.6 is 23.2 Å². The van der Waals surface area contributed by atoms with Gasteiger partial charge in [0.2, 0.25) is 0 Å². The Morgan fingerprint density at radius 1 is 1.28 bits per heavy atom. The fraction of sp³-hybridized carbons (Fsp3) is 0.600. The van der Waals surface area contributed by atoms with Crippen molar-refractivity contribution >= 4 is 28.9 Å². The number of hydrogen-bond acceptors (Lipinski definition) is 1. The quantitative estimate of drug-likeness (QED) is 0.696. The number of halogens is 2. The van der Waals surface area contributed by atoms with E-state index in [1.807, 2.05) is 6.07 Å². The smallest absolute Gasteiger partial charge is 0.0488 e. The summed E-state index contributed by atoms with van der Waals surface area (Å²) in [5.74, 6) is 0.479. The van der Waals surface area contributed by atoms with Crippen molar-refractivity contribution in [3.63, 3.8) is 0 Å². The highest BCUT2D eigenvalue weighted by atomic mass is 35.5. The molecule has 0 unspecified atom stereocenters. The highest BCUT2D eigenvalue weighted by molar-refractivity contribution is 6.32. The molecule has 0 atom stereocenters. The van der Waals surface area contributed by atoms with Crippen LogP contribution in [0.2, 0.25) is 5.02 Å². The number of nitrogens with zero attached hydrogens (tertiary/aromatic N) is 1. The van der Waals surface area contributed by atoms with Gasteiger partial charge < -0.3 is 4.90 Å². The summed E-state index contributed by atoms with van der Waals surface area (Å²) in [5, 5.41) is 0.785. The van der Waals surface area contributed by atoms with Crippen LogP contribution in [0, 0.1) is 5.41 Å². The maximum absolute atomic E-state index is 6.24. The van der Waals surface area contributed by atoms with E-state index in [0.717, 1.165) is 23.7 Å². The third-order valence-electron chi connectivity index (χ3n) is 4.48. The third kappa shape index (κ3) is 2.62. The van der Waals surface area contributed by atoms with Crippen molar-refractivity contribution in [2.24, 2.45) is 5.41 Å². The molecule has 1 aliphatic rings. The molecule has 100 valence electrons. The van der Waals surface area contributed by atoms with Gasteiger partial charge in [0.05, 0.1) is 0 Å². The Kier molecular flexibility index (Phi) is 4.45. The lowest BCUT2D eigenvalue weighted by Crippen LogP contribution is -2.26. The summed E-state index contributed by atoms with van der Waals surface area (Å²) in [5.41, 5.74) is 2.74. The second kappa shape index (κ2) is 5.71. The van der Waals surface area contributed by atoms with E-state index in [1.165, 1.54) is 24.9 Å². The van der Waals surface area contributed by atoms with Crippen molar-refractivity contribution in [1.29, 1.82) is 0 Å². The Morgan fingerprint density at radius 3 is 2.50 bits per heavy atom. The summed E-state index contributed by atoms with van der Waals surface area (Å²) < 4.78 is 0. The van der Waals surface area contributed by atoms with Crippen LogP contribution in [0.5, 0.6) is 0 Å². The van der Waals surface area contributed by atoms with Crippen molar-refractivity contribution in [2.45, 2.75) is 39.0 Å². The predicted octanol–water partition coefficient (Wildman–Crippen LogP) is 5.10. The first-order chi connectivity index (χ1) is 8.64. The highest BCUT2D eigenvalue weighted by Gasteiger charge is 2.34. The molecule has 1 nitrogen and oxygen atoms in total. The molecule has 0 amide bonds. The van der Waals surface area contributed by atoms with Gasteiger partial charge in [-0.15, -0.1) is 11.6 Å². The Morgan fingerprint density at radius 2 is 2.00 bits per heavy atom. The van der Waals surface area contributed by atoms with Gasteiger partial charge in [0.1, 0.15) is 0 Å². The van der Waals surface area contributed by atoms with Gasteiger partial charge in [0.25, 0.3) is 0 Å². The first-order valence-electron chi connectivity index (χ1n) is 6.73.